The molecule has 1 aromatic heterocycles. The van der Waals surface area contributed by atoms with Gasteiger partial charge in [-0.2, -0.15) is 0 Å². The maximum Gasteiger partial charge on any atom is 0.242 e. The third-order valence-electron chi connectivity index (χ3n) is 3.10. The predicted octanol–water partition coefficient (Wildman–Crippen LogP) is 2.10. The zero-order valence-corrected chi connectivity index (χ0v) is 13.5. The second-order valence-electron chi connectivity index (χ2n) is 4.61. The number of nitrogens with one attached hydrogen (secondary N) is 1. The first-order chi connectivity index (χ1) is 10.1. The summed E-state index contributed by atoms with van der Waals surface area (Å²) in [5.74, 6) is 0. The van der Waals surface area contributed by atoms with Gasteiger partial charge in [-0.1, -0.05) is 18.2 Å². The van der Waals surface area contributed by atoms with E-state index in [0.717, 1.165) is 11.1 Å². The second-order valence-corrected chi connectivity index (χ2v) is 7.45. The Kier molecular flexibility index (Phi) is 5.72. The topological polar surface area (TPSA) is 75.6 Å². The van der Waals surface area contributed by atoms with Gasteiger partial charge in [0.25, 0.3) is 0 Å². The van der Waals surface area contributed by atoms with E-state index in [1.165, 1.54) is 11.3 Å². The fraction of sp³-hybridized carbons (Fsp3) is 0.429. The van der Waals surface area contributed by atoms with Crippen molar-refractivity contribution in [3.8, 4) is 0 Å². The van der Waals surface area contributed by atoms with Crippen LogP contribution >= 0.6 is 11.3 Å². The third kappa shape index (κ3) is 3.81. The van der Waals surface area contributed by atoms with Crippen LogP contribution in [0.25, 0.3) is 10.1 Å². The average Bonchev–Trinajstić information content (AvgIpc) is 2.86. The number of hydrogen-bond donors (Lipinski definition) is 2. The summed E-state index contributed by atoms with van der Waals surface area (Å²) in [6.45, 7) is 0.699. The lowest BCUT2D eigenvalue weighted by atomic mass is 10.2. The number of benzene rings is 1. The van der Waals surface area contributed by atoms with Crippen LogP contribution in [0.5, 0.6) is 0 Å². The quantitative estimate of drug-likeness (QED) is 0.727. The van der Waals surface area contributed by atoms with E-state index in [1.54, 1.807) is 19.2 Å². The molecule has 2 aromatic rings. The molecule has 0 aliphatic carbocycles. The number of unbranched alkanes of at least 4 members (excludes halogenated alkanes) is 1. The van der Waals surface area contributed by atoms with E-state index < -0.39 is 10.0 Å². The maximum atomic E-state index is 12.5. The van der Waals surface area contributed by atoms with Crippen molar-refractivity contribution in [3.63, 3.8) is 0 Å². The van der Waals surface area contributed by atoms with Gasteiger partial charge in [-0.05, 0) is 18.9 Å². The second kappa shape index (κ2) is 7.33. The third-order valence-corrected chi connectivity index (χ3v) is 5.97. The van der Waals surface area contributed by atoms with Crippen LogP contribution in [0.4, 0.5) is 0 Å². The minimum absolute atomic E-state index is 0.206. The molecule has 116 valence electrons. The highest BCUT2D eigenvalue weighted by atomic mass is 32.2. The molecule has 0 fully saturated rings. The Labute approximate surface area is 128 Å². The lowest BCUT2D eigenvalue weighted by Gasteiger charge is -2.07. The number of fused-ring (bicyclic) bond motifs is 1. The molecule has 5 nitrogen and oxygen atoms in total. The van der Waals surface area contributed by atoms with E-state index in [1.807, 2.05) is 12.1 Å². The van der Waals surface area contributed by atoms with Gasteiger partial charge in [-0.25, -0.2) is 13.1 Å². The van der Waals surface area contributed by atoms with Gasteiger partial charge in [0.15, 0.2) is 0 Å². The smallest absolute Gasteiger partial charge is 0.242 e. The highest BCUT2D eigenvalue weighted by molar-refractivity contribution is 7.90. The Morgan fingerprint density at radius 2 is 2.05 bits per heavy atom. The monoisotopic (exact) mass is 329 g/mol. The van der Waals surface area contributed by atoms with Crippen molar-refractivity contribution in [2.24, 2.45) is 0 Å². The summed E-state index contributed by atoms with van der Waals surface area (Å²) >= 11 is 1.31. The number of methoxy groups -OCH3 is 1. The summed E-state index contributed by atoms with van der Waals surface area (Å²) in [6.07, 6.45) is 1.51. The largest absolute Gasteiger partial charge is 0.391 e. The predicted molar refractivity (Wildman–Crippen MR) is 84.0 cm³/mol. The first kappa shape index (κ1) is 16.4. The zero-order chi connectivity index (χ0) is 15.3. The molecule has 0 aliphatic heterocycles. The lowest BCUT2D eigenvalue weighted by Crippen LogP contribution is -2.25. The van der Waals surface area contributed by atoms with E-state index in [2.05, 4.69) is 4.72 Å². The highest BCUT2D eigenvalue weighted by Crippen LogP contribution is 2.34. The Bertz CT molecular complexity index is 694. The summed E-state index contributed by atoms with van der Waals surface area (Å²) in [4.78, 5) is 0.679. The van der Waals surface area contributed by atoms with Crippen LogP contribution in [0.15, 0.2) is 29.2 Å². The normalized spacial score (nSPS) is 12.1. The number of aliphatic hydroxyl groups is 1. The Balaban J connectivity index is 2.23. The molecule has 1 aromatic carbocycles. The van der Waals surface area contributed by atoms with Crippen molar-refractivity contribution in [1.29, 1.82) is 0 Å². The van der Waals surface area contributed by atoms with Crippen LogP contribution < -0.4 is 4.72 Å². The molecule has 0 aliphatic rings. The van der Waals surface area contributed by atoms with Crippen molar-refractivity contribution in [3.05, 3.63) is 29.1 Å². The standard InChI is InChI=1S/C14H19NO4S2/c1-19-9-5-4-8-15-21(17,18)14-11-6-2-3-7-12(11)20-13(14)10-16/h2-3,6-7,15-16H,4-5,8-10H2,1H3. The molecule has 0 atom stereocenters. The molecule has 0 bridgehead atoms. The highest BCUT2D eigenvalue weighted by Gasteiger charge is 2.23. The van der Waals surface area contributed by atoms with Gasteiger partial charge in [0.2, 0.25) is 10.0 Å². The molecule has 2 N–H and O–H groups in total. The fourth-order valence-electron chi connectivity index (χ4n) is 2.12. The first-order valence-corrected chi connectivity index (χ1v) is 9.00. The van der Waals surface area contributed by atoms with Crippen LogP contribution in [0.2, 0.25) is 0 Å². The van der Waals surface area contributed by atoms with Gasteiger partial charge in [0.1, 0.15) is 4.90 Å². The van der Waals surface area contributed by atoms with E-state index in [0.29, 0.717) is 29.8 Å². The van der Waals surface area contributed by atoms with E-state index >= 15 is 0 Å². The number of rotatable bonds is 8. The molecule has 0 amide bonds. The van der Waals surface area contributed by atoms with Crippen molar-refractivity contribution < 1.29 is 18.3 Å². The summed E-state index contributed by atoms with van der Waals surface area (Å²) in [7, 11) is -1.99. The van der Waals surface area contributed by atoms with E-state index in [-0.39, 0.29) is 11.5 Å². The summed E-state index contributed by atoms with van der Waals surface area (Å²) in [5, 5.41) is 10.1. The van der Waals surface area contributed by atoms with Gasteiger partial charge < -0.3 is 9.84 Å². The maximum absolute atomic E-state index is 12.5. The molecular formula is C14H19NO4S2. The van der Waals surface area contributed by atoms with Gasteiger partial charge in [0.05, 0.1) is 11.5 Å². The minimum atomic E-state index is -3.61. The molecule has 2 rings (SSSR count). The zero-order valence-electron chi connectivity index (χ0n) is 11.8. The van der Waals surface area contributed by atoms with Gasteiger partial charge in [0, 0.05) is 30.3 Å². The molecule has 7 heteroatoms. The van der Waals surface area contributed by atoms with E-state index in [4.69, 9.17) is 4.74 Å². The van der Waals surface area contributed by atoms with Crippen molar-refractivity contribution in [1.82, 2.24) is 4.72 Å². The van der Waals surface area contributed by atoms with Crippen molar-refractivity contribution >= 4 is 31.4 Å². The molecule has 0 unspecified atom stereocenters. The molecule has 0 saturated heterocycles. The molecule has 0 spiro atoms. The SMILES string of the molecule is COCCCCNS(=O)(=O)c1c(CO)sc2ccccc12. The van der Waals surface area contributed by atoms with Crippen LogP contribution in [-0.4, -0.2) is 33.8 Å². The Hall–Kier alpha value is -0.990. The number of hydrogen-bond acceptors (Lipinski definition) is 5. The van der Waals surface area contributed by atoms with Gasteiger partial charge in [-0.3, -0.25) is 0 Å². The lowest BCUT2D eigenvalue weighted by molar-refractivity contribution is 0.193. The van der Waals surface area contributed by atoms with Crippen LogP contribution in [-0.2, 0) is 21.4 Å². The van der Waals surface area contributed by atoms with Crippen LogP contribution in [0.1, 0.15) is 17.7 Å². The molecule has 21 heavy (non-hydrogen) atoms. The number of aliphatic hydroxyl groups excluding tert-OH is 1. The Morgan fingerprint density at radius 1 is 1.29 bits per heavy atom. The summed E-state index contributed by atoms with van der Waals surface area (Å²) in [6, 6.07) is 7.28. The first-order valence-electron chi connectivity index (χ1n) is 6.70. The van der Waals surface area contributed by atoms with Crippen LogP contribution in [0.3, 0.4) is 0 Å². The number of thiophene rings is 1. The fourth-order valence-corrected chi connectivity index (χ4v) is 4.99. The Morgan fingerprint density at radius 3 is 2.76 bits per heavy atom. The summed E-state index contributed by atoms with van der Waals surface area (Å²) < 4.78 is 33.3. The van der Waals surface area contributed by atoms with Crippen molar-refractivity contribution in [2.75, 3.05) is 20.3 Å². The number of sulfonamides is 1. The average molecular weight is 329 g/mol. The van der Waals surface area contributed by atoms with Crippen LogP contribution in [0, 0.1) is 0 Å². The number of ether oxygens (including phenoxy) is 1. The molecule has 1 heterocycles. The van der Waals surface area contributed by atoms with Gasteiger partial charge >= 0.3 is 0 Å². The molecular weight excluding hydrogens is 310 g/mol. The minimum Gasteiger partial charge on any atom is -0.391 e. The van der Waals surface area contributed by atoms with E-state index in [9.17, 15) is 13.5 Å². The van der Waals surface area contributed by atoms with Gasteiger partial charge in [-0.15, -0.1) is 11.3 Å². The molecule has 0 radical (unpaired) electrons. The molecule has 0 saturated carbocycles. The summed E-state index contributed by atoms with van der Waals surface area (Å²) in [5.41, 5.74) is 0. The van der Waals surface area contributed by atoms with Crippen molar-refractivity contribution in [2.45, 2.75) is 24.3 Å².